The minimum Gasteiger partial charge on any atom is -0.340 e. The Morgan fingerprint density at radius 3 is 2.38 bits per heavy atom. The molecule has 3 rings (SSSR count). The van der Waals surface area contributed by atoms with Crippen molar-refractivity contribution >= 4 is 11.3 Å². The van der Waals surface area contributed by atoms with Crippen molar-refractivity contribution in [1.29, 1.82) is 15.8 Å². The van der Waals surface area contributed by atoms with E-state index in [1.165, 1.54) is 11.3 Å². The molecular weight excluding hydrogens is 342 g/mol. The maximum atomic E-state index is 9.73. The maximum Gasteiger partial charge on any atom is 0.151 e. The molecule has 0 spiro atoms. The van der Waals surface area contributed by atoms with Gasteiger partial charge >= 0.3 is 0 Å². The van der Waals surface area contributed by atoms with Gasteiger partial charge in [0.05, 0.1) is 23.7 Å². The molecule has 0 saturated heterocycles. The predicted octanol–water partition coefficient (Wildman–Crippen LogP) is 4.20. The Labute approximate surface area is 156 Å². The second-order valence-corrected chi connectivity index (χ2v) is 6.94. The lowest BCUT2D eigenvalue weighted by Gasteiger charge is -2.09. The Morgan fingerprint density at radius 1 is 1.04 bits per heavy atom. The lowest BCUT2D eigenvalue weighted by Crippen LogP contribution is -2.04. The van der Waals surface area contributed by atoms with Gasteiger partial charge in [0.25, 0.3) is 0 Å². The van der Waals surface area contributed by atoms with Crippen molar-refractivity contribution in [2.24, 2.45) is 0 Å². The van der Waals surface area contributed by atoms with Gasteiger partial charge in [0.1, 0.15) is 17.1 Å². The molecule has 2 aromatic heterocycles. The number of aromatic nitrogens is 2. The van der Waals surface area contributed by atoms with Gasteiger partial charge in [0.15, 0.2) is 5.69 Å². The molecule has 0 saturated carbocycles. The minimum atomic E-state index is 0.413. The van der Waals surface area contributed by atoms with Gasteiger partial charge in [-0.15, -0.1) is 11.3 Å². The fraction of sp³-hybridized carbons (Fsp3) is 0.200. The van der Waals surface area contributed by atoms with Crippen LogP contribution < -0.4 is 0 Å². The average Bonchev–Trinajstić information content (AvgIpc) is 3.19. The van der Waals surface area contributed by atoms with Crippen LogP contribution in [0.4, 0.5) is 0 Å². The number of nitrogens with zero attached hydrogens (tertiary/aromatic N) is 5. The van der Waals surface area contributed by atoms with E-state index in [4.69, 9.17) is 10.5 Å². The van der Waals surface area contributed by atoms with Crippen LogP contribution in [0.3, 0.4) is 0 Å². The largest absolute Gasteiger partial charge is 0.340 e. The smallest absolute Gasteiger partial charge is 0.151 e. The zero-order valence-electron chi connectivity index (χ0n) is 14.7. The summed E-state index contributed by atoms with van der Waals surface area (Å²) in [4.78, 5) is 4.30. The average molecular weight is 357 g/mol. The van der Waals surface area contributed by atoms with Crippen LogP contribution in [0.15, 0.2) is 23.6 Å². The van der Waals surface area contributed by atoms with Crippen molar-refractivity contribution < 1.29 is 0 Å². The lowest BCUT2D eigenvalue weighted by molar-refractivity contribution is 0.743. The predicted molar refractivity (Wildman–Crippen MR) is 99.4 cm³/mol. The maximum absolute atomic E-state index is 9.73. The third kappa shape index (κ3) is 2.86. The van der Waals surface area contributed by atoms with Gasteiger partial charge in [-0.1, -0.05) is 6.07 Å². The van der Waals surface area contributed by atoms with Crippen molar-refractivity contribution in [2.45, 2.75) is 27.3 Å². The monoisotopic (exact) mass is 357 g/mol. The van der Waals surface area contributed by atoms with Crippen LogP contribution in [0.1, 0.15) is 38.8 Å². The zero-order valence-corrected chi connectivity index (χ0v) is 15.5. The first kappa shape index (κ1) is 17.4. The van der Waals surface area contributed by atoms with Crippen LogP contribution in [-0.2, 0) is 6.54 Å². The highest BCUT2D eigenvalue weighted by atomic mass is 32.1. The SMILES string of the molecule is Cc1cc(C#N)ccc1-c1c(C#N)c(C)n(Cc2nc(C#N)cs2)c1C. The highest BCUT2D eigenvalue weighted by Crippen LogP contribution is 2.34. The number of hydrogen-bond donors (Lipinski definition) is 0. The van der Waals surface area contributed by atoms with E-state index in [9.17, 15) is 5.26 Å². The van der Waals surface area contributed by atoms with Crippen molar-refractivity contribution in [1.82, 2.24) is 9.55 Å². The molecule has 0 amide bonds. The summed E-state index contributed by atoms with van der Waals surface area (Å²) in [6, 6.07) is 12.0. The Morgan fingerprint density at radius 2 is 1.81 bits per heavy atom. The Kier molecular flexibility index (Phi) is 4.59. The van der Waals surface area contributed by atoms with Gasteiger partial charge in [-0.2, -0.15) is 15.8 Å². The zero-order chi connectivity index (χ0) is 18.8. The van der Waals surface area contributed by atoms with Crippen LogP contribution in [0.25, 0.3) is 11.1 Å². The second-order valence-electron chi connectivity index (χ2n) is 6.00. The molecular formula is C20H15N5S. The number of rotatable bonds is 3. The first-order chi connectivity index (χ1) is 12.5. The first-order valence-electron chi connectivity index (χ1n) is 7.95. The highest BCUT2D eigenvalue weighted by molar-refractivity contribution is 7.09. The quantitative estimate of drug-likeness (QED) is 0.702. The molecule has 126 valence electrons. The van der Waals surface area contributed by atoms with Crippen LogP contribution >= 0.6 is 11.3 Å². The van der Waals surface area contributed by atoms with E-state index in [-0.39, 0.29) is 0 Å². The summed E-state index contributed by atoms with van der Waals surface area (Å²) in [6.07, 6.45) is 0. The summed E-state index contributed by atoms with van der Waals surface area (Å²) in [5, 5.41) is 30.3. The molecule has 0 aliphatic rings. The summed E-state index contributed by atoms with van der Waals surface area (Å²) in [5.74, 6) is 0. The summed E-state index contributed by atoms with van der Waals surface area (Å²) in [6.45, 7) is 6.38. The van der Waals surface area contributed by atoms with Gasteiger partial charge in [0, 0.05) is 22.3 Å². The summed E-state index contributed by atoms with van der Waals surface area (Å²) in [7, 11) is 0. The molecule has 0 aliphatic heterocycles. The molecule has 1 aromatic carbocycles. The summed E-state index contributed by atoms with van der Waals surface area (Å²) < 4.78 is 2.06. The molecule has 0 N–H and O–H groups in total. The van der Waals surface area contributed by atoms with E-state index in [1.807, 2.05) is 39.0 Å². The standard InChI is InChI=1S/C20H15N5S/c1-12-6-15(7-21)4-5-17(12)20-14(3)25(13(2)18(20)9-23)10-19-24-16(8-22)11-26-19/h4-6,11H,10H2,1-3H3. The van der Waals surface area contributed by atoms with Gasteiger partial charge in [-0.05, 0) is 44.0 Å². The fourth-order valence-electron chi connectivity index (χ4n) is 3.17. The van der Waals surface area contributed by atoms with Gasteiger partial charge in [-0.25, -0.2) is 4.98 Å². The van der Waals surface area contributed by atoms with Gasteiger partial charge < -0.3 is 4.57 Å². The number of hydrogen-bond acceptors (Lipinski definition) is 5. The Hall–Kier alpha value is -3.40. The van der Waals surface area contributed by atoms with Gasteiger partial charge in [0.2, 0.25) is 0 Å². The molecule has 0 atom stereocenters. The molecule has 0 radical (unpaired) electrons. The van der Waals surface area contributed by atoms with Crippen LogP contribution in [-0.4, -0.2) is 9.55 Å². The number of thiazole rings is 1. The molecule has 0 fully saturated rings. The Bertz CT molecular complexity index is 1130. The molecule has 0 unspecified atom stereocenters. The first-order valence-corrected chi connectivity index (χ1v) is 8.83. The number of nitriles is 3. The topological polar surface area (TPSA) is 89.2 Å². The molecule has 2 heterocycles. The van der Waals surface area contributed by atoms with E-state index in [2.05, 4.69) is 21.7 Å². The van der Waals surface area contributed by atoms with Crippen LogP contribution in [0.2, 0.25) is 0 Å². The highest BCUT2D eigenvalue weighted by Gasteiger charge is 2.21. The van der Waals surface area contributed by atoms with Gasteiger partial charge in [-0.3, -0.25) is 0 Å². The number of aryl methyl sites for hydroxylation is 1. The van der Waals surface area contributed by atoms with E-state index < -0.39 is 0 Å². The molecule has 0 aliphatic carbocycles. The van der Waals surface area contributed by atoms with Crippen molar-refractivity contribution in [3.05, 3.63) is 62.4 Å². The molecule has 6 heteroatoms. The van der Waals surface area contributed by atoms with Crippen LogP contribution in [0, 0.1) is 54.8 Å². The molecule has 26 heavy (non-hydrogen) atoms. The second kappa shape index (κ2) is 6.84. The third-order valence-corrected chi connectivity index (χ3v) is 5.31. The van der Waals surface area contributed by atoms with E-state index in [1.54, 1.807) is 11.4 Å². The van der Waals surface area contributed by atoms with E-state index in [0.717, 1.165) is 33.1 Å². The third-order valence-electron chi connectivity index (χ3n) is 4.48. The normalized spacial score (nSPS) is 10.2. The summed E-state index contributed by atoms with van der Waals surface area (Å²) in [5.41, 5.74) is 6.30. The lowest BCUT2D eigenvalue weighted by atomic mass is 9.95. The molecule has 5 nitrogen and oxygen atoms in total. The van der Waals surface area contributed by atoms with Crippen LogP contribution in [0.5, 0.6) is 0 Å². The fourth-order valence-corrected chi connectivity index (χ4v) is 3.88. The number of benzene rings is 1. The van der Waals surface area contributed by atoms with Crippen molar-refractivity contribution in [3.63, 3.8) is 0 Å². The Balaban J connectivity index is 2.15. The van der Waals surface area contributed by atoms with E-state index in [0.29, 0.717) is 23.4 Å². The minimum absolute atomic E-state index is 0.413. The molecule has 3 aromatic rings. The molecule has 0 bridgehead atoms. The summed E-state index contributed by atoms with van der Waals surface area (Å²) >= 11 is 1.44. The van der Waals surface area contributed by atoms with E-state index >= 15 is 0 Å². The van der Waals surface area contributed by atoms with Crippen molar-refractivity contribution in [2.75, 3.05) is 0 Å². The van der Waals surface area contributed by atoms with Crippen molar-refractivity contribution in [3.8, 4) is 29.3 Å².